The van der Waals surface area contributed by atoms with Crippen molar-refractivity contribution in [3.8, 4) is 0 Å². The molecule has 366 valence electrons. The van der Waals surface area contributed by atoms with Crippen LogP contribution in [0.2, 0.25) is 0 Å². The van der Waals surface area contributed by atoms with E-state index in [1.165, 1.54) is 148 Å². The van der Waals surface area contributed by atoms with Gasteiger partial charge in [0.2, 0.25) is 0 Å². The van der Waals surface area contributed by atoms with Gasteiger partial charge in [0.15, 0.2) is 6.10 Å². The third kappa shape index (κ3) is 50.2. The zero-order valence-corrected chi connectivity index (χ0v) is 41.8. The van der Waals surface area contributed by atoms with Gasteiger partial charge in [-0.1, -0.05) is 243 Å². The Morgan fingerprint density at radius 2 is 0.635 bits per heavy atom. The van der Waals surface area contributed by atoms with Gasteiger partial charge >= 0.3 is 17.9 Å². The smallest absolute Gasteiger partial charge is 0.306 e. The highest BCUT2D eigenvalue weighted by Gasteiger charge is 2.19. The van der Waals surface area contributed by atoms with E-state index in [0.717, 1.165) is 89.9 Å². The predicted molar refractivity (Wildman–Crippen MR) is 270 cm³/mol. The SMILES string of the molecule is CC\C=C/C=C\C=C/CCCCCCCC(=O)OCC(COC(=O)CCCCCCC/C=C\CCCCCCCCCCC)OC(=O)CCCCCCCCCCCCCCCC. The van der Waals surface area contributed by atoms with Crippen LogP contribution in [-0.2, 0) is 28.6 Å². The van der Waals surface area contributed by atoms with Gasteiger partial charge in [-0.3, -0.25) is 14.4 Å². The molecule has 6 heteroatoms. The summed E-state index contributed by atoms with van der Waals surface area (Å²) in [6.07, 6.45) is 62.4. The molecule has 0 fully saturated rings. The predicted octanol–water partition coefficient (Wildman–Crippen LogP) is 17.9. The van der Waals surface area contributed by atoms with Crippen LogP contribution in [0.5, 0.6) is 0 Å². The summed E-state index contributed by atoms with van der Waals surface area (Å²) in [5, 5.41) is 0. The molecule has 1 atom stereocenters. The summed E-state index contributed by atoms with van der Waals surface area (Å²) in [6.45, 7) is 6.51. The Labute approximate surface area is 390 Å². The molecule has 0 heterocycles. The molecule has 0 spiro atoms. The summed E-state index contributed by atoms with van der Waals surface area (Å²) in [7, 11) is 0. The molecule has 0 amide bonds. The van der Waals surface area contributed by atoms with Crippen molar-refractivity contribution in [2.45, 2.75) is 284 Å². The van der Waals surface area contributed by atoms with Crippen molar-refractivity contribution in [2.75, 3.05) is 13.2 Å². The Morgan fingerprint density at radius 3 is 1.00 bits per heavy atom. The summed E-state index contributed by atoms with van der Waals surface area (Å²) in [4.78, 5) is 38.0. The van der Waals surface area contributed by atoms with Crippen molar-refractivity contribution in [3.63, 3.8) is 0 Å². The Balaban J connectivity index is 4.36. The second-order valence-electron chi connectivity index (χ2n) is 18.2. The zero-order chi connectivity index (χ0) is 45.8. The molecule has 0 aliphatic rings. The highest BCUT2D eigenvalue weighted by Crippen LogP contribution is 2.16. The van der Waals surface area contributed by atoms with E-state index in [9.17, 15) is 14.4 Å². The normalized spacial score (nSPS) is 12.4. The van der Waals surface area contributed by atoms with Crippen LogP contribution in [0.3, 0.4) is 0 Å². The Morgan fingerprint density at radius 1 is 0.333 bits per heavy atom. The first kappa shape index (κ1) is 60.4. The third-order valence-electron chi connectivity index (χ3n) is 11.9. The largest absolute Gasteiger partial charge is 0.462 e. The fourth-order valence-corrected chi connectivity index (χ4v) is 7.79. The number of allylic oxidation sites excluding steroid dienone is 8. The summed E-state index contributed by atoms with van der Waals surface area (Å²) in [5.74, 6) is -0.899. The van der Waals surface area contributed by atoms with Crippen molar-refractivity contribution in [1.82, 2.24) is 0 Å². The molecule has 6 nitrogen and oxygen atoms in total. The second-order valence-corrected chi connectivity index (χ2v) is 18.2. The number of hydrogen-bond acceptors (Lipinski definition) is 6. The van der Waals surface area contributed by atoms with Gasteiger partial charge in [0.05, 0.1) is 0 Å². The number of rotatable bonds is 49. The van der Waals surface area contributed by atoms with Crippen LogP contribution in [0, 0.1) is 0 Å². The van der Waals surface area contributed by atoms with Crippen LogP contribution in [0.25, 0.3) is 0 Å². The van der Waals surface area contributed by atoms with E-state index in [1.54, 1.807) is 0 Å². The third-order valence-corrected chi connectivity index (χ3v) is 11.9. The highest BCUT2D eigenvalue weighted by atomic mass is 16.6. The minimum absolute atomic E-state index is 0.0817. The molecule has 0 aliphatic heterocycles. The average Bonchev–Trinajstić information content (AvgIpc) is 3.28. The zero-order valence-electron chi connectivity index (χ0n) is 41.8. The maximum Gasteiger partial charge on any atom is 0.306 e. The van der Waals surface area contributed by atoms with Gasteiger partial charge in [-0.05, 0) is 64.2 Å². The number of hydrogen-bond donors (Lipinski definition) is 0. The molecule has 0 saturated carbocycles. The van der Waals surface area contributed by atoms with Crippen molar-refractivity contribution >= 4 is 17.9 Å². The van der Waals surface area contributed by atoms with Crippen LogP contribution in [0.15, 0.2) is 48.6 Å². The summed E-state index contributed by atoms with van der Waals surface area (Å²) in [5.41, 5.74) is 0. The second kappa shape index (κ2) is 52.0. The molecular weight excluding hydrogens is 781 g/mol. The van der Waals surface area contributed by atoms with Crippen molar-refractivity contribution in [1.29, 1.82) is 0 Å². The summed E-state index contributed by atoms with van der Waals surface area (Å²) >= 11 is 0. The maximum absolute atomic E-state index is 12.8. The first-order valence-corrected chi connectivity index (χ1v) is 27.2. The average molecular weight is 883 g/mol. The summed E-state index contributed by atoms with van der Waals surface area (Å²) < 4.78 is 16.8. The van der Waals surface area contributed by atoms with Crippen LogP contribution in [0.4, 0.5) is 0 Å². The van der Waals surface area contributed by atoms with Crippen molar-refractivity contribution in [3.05, 3.63) is 48.6 Å². The molecule has 1 unspecified atom stereocenters. The van der Waals surface area contributed by atoms with Crippen LogP contribution in [-0.4, -0.2) is 37.2 Å². The lowest BCUT2D eigenvalue weighted by Gasteiger charge is -2.18. The van der Waals surface area contributed by atoms with Crippen LogP contribution in [0.1, 0.15) is 278 Å². The van der Waals surface area contributed by atoms with E-state index in [2.05, 4.69) is 69.4 Å². The van der Waals surface area contributed by atoms with Gasteiger partial charge in [0, 0.05) is 19.3 Å². The standard InChI is InChI=1S/C57H102O6/c1-4-7-10-13-16-19-22-25-27-28-29-30-33-35-38-41-44-47-50-56(59)62-53-54(52-61-55(58)49-46-43-40-37-34-31-24-21-18-15-12-9-6-3)63-57(60)51-48-45-42-39-36-32-26-23-20-17-14-11-8-5-2/h9,12,15,18,21,24,29-30,54H,4-8,10-11,13-14,16-17,19-20,22-23,25-28,31-53H2,1-3H3/b12-9-,18-15-,24-21-,30-29-. The number of esters is 3. The van der Waals surface area contributed by atoms with E-state index in [1.807, 2.05) is 0 Å². The van der Waals surface area contributed by atoms with Gasteiger partial charge in [-0.15, -0.1) is 0 Å². The fourth-order valence-electron chi connectivity index (χ4n) is 7.79. The molecule has 0 bridgehead atoms. The minimum atomic E-state index is -0.781. The van der Waals surface area contributed by atoms with Gasteiger partial charge in [-0.2, -0.15) is 0 Å². The quantitative estimate of drug-likeness (QED) is 0.0199. The number of carbonyl (C=O) groups excluding carboxylic acids is 3. The van der Waals surface area contributed by atoms with E-state index in [-0.39, 0.29) is 31.1 Å². The Bertz CT molecular complexity index is 1110. The summed E-state index contributed by atoms with van der Waals surface area (Å²) in [6, 6.07) is 0. The molecule has 0 saturated heterocycles. The van der Waals surface area contributed by atoms with Crippen LogP contribution >= 0.6 is 0 Å². The molecule has 0 rings (SSSR count). The molecule has 0 radical (unpaired) electrons. The monoisotopic (exact) mass is 883 g/mol. The highest BCUT2D eigenvalue weighted by molar-refractivity contribution is 5.71. The molecular formula is C57H102O6. The van der Waals surface area contributed by atoms with Gasteiger partial charge < -0.3 is 14.2 Å². The molecule has 0 aromatic rings. The maximum atomic E-state index is 12.8. The van der Waals surface area contributed by atoms with Crippen molar-refractivity contribution < 1.29 is 28.6 Å². The molecule has 0 aromatic carbocycles. The first-order chi connectivity index (χ1) is 31.0. The fraction of sp³-hybridized carbons (Fsp3) is 0.807. The van der Waals surface area contributed by atoms with E-state index >= 15 is 0 Å². The number of unbranched alkanes of at least 4 members (excludes halogenated alkanes) is 32. The Kier molecular flexibility index (Phi) is 49.8. The molecule has 0 aliphatic carbocycles. The van der Waals surface area contributed by atoms with Gasteiger partial charge in [0.1, 0.15) is 13.2 Å². The van der Waals surface area contributed by atoms with Gasteiger partial charge in [0.25, 0.3) is 0 Å². The lowest BCUT2D eigenvalue weighted by Crippen LogP contribution is -2.30. The van der Waals surface area contributed by atoms with E-state index < -0.39 is 6.10 Å². The topological polar surface area (TPSA) is 78.9 Å². The molecule has 0 aromatic heterocycles. The number of ether oxygens (including phenoxy) is 3. The lowest BCUT2D eigenvalue weighted by atomic mass is 10.0. The number of carbonyl (C=O) groups is 3. The lowest BCUT2D eigenvalue weighted by molar-refractivity contribution is -0.167. The first-order valence-electron chi connectivity index (χ1n) is 27.2. The molecule has 63 heavy (non-hydrogen) atoms. The van der Waals surface area contributed by atoms with Crippen LogP contribution < -0.4 is 0 Å². The minimum Gasteiger partial charge on any atom is -0.462 e. The Hall–Kier alpha value is -2.63. The van der Waals surface area contributed by atoms with Crippen molar-refractivity contribution in [2.24, 2.45) is 0 Å². The van der Waals surface area contributed by atoms with E-state index in [0.29, 0.717) is 19.3 Å². The van der Waals surface area contributed by atoms with Gasteiger partial charge in [-0.25, -0.2) is 0 Å². The molecule has 0 N–H and O–H groups in total. The van der Waals surface area contributed by atoms with E-state index in [4.69, 9.17) is 14.2 Å².